The molecular weight excluding hydrogens is 230 g/mol. The van der Waals surface area contributed by atoms with Crippen molar-refractivity contribution in [3.8, 4) is 0 Å². The predicted octanol–water partition coefficient (Wildman–Crippen LogP) is -0.809. The Morgan fingerprint density at radius 1 is 1.59 bits per heavy atom. The Labute approximate surface area is 97.9 Å². The summed E-state index contributed by atoms with van der Waals surface area (Å²) in [6.45, 7) is 3.14. The number of carboxylic acids is 1. The summed E-state index contributed by atoms with van der Waals surface area (Å²) >= 11 is 0. The smallest absolute Gasteiger partial charge is 0.410 e. The SMILES string of the molecule is C=CCOC(=O)N1CC[C@@](O)(C(=O)O)[C@H](O)C1. The molecule has 0 aromatic heterocycles. The number of β-amino-alcohol motifs (C(OH)–C–C–N with tert-alkyl or cyclic N) is 1. The zero-order valence-corrected chi connectivity index (χ0v) is 9.20. The highest BCUT2D eigenvalue weighted by Gasteiger charge is 2.48. The second kappa shape index (κ2) is 5.15. The molecule has 1 fully saturated rings. The molecule has 0 aromatic rings. The summed E-state index contributed by atoms with van der Waals surface area (Å²) in [5.74, 6) is -1.50. The molecule has 96 valence electrons. The number of likely N-dealkylation sites (tertiary alicyclic amines) is 1. The first-order valence-electron chi connectivity index (χ1n) is 5.08. The number of ether oxygens (including phenoxy) is 1. The molecule has 7 nitrogen and oxygen atoms in total. The standard InChI is InChI=1S/C10H15NO6/c1-2-5-17-9(15)11-4-3-10(16,8(13)14)7(12)6-11/h2,7,12,16H,1,3-6H2,(H,13,14)/t7-,10+/m1/s1. The third-order valence-electron chi connectivity index (χ3n) is 2.66. The number of carbonyl (C=O) groups is 2. The van der Waals surface area contributed by atoms with E-state index in [0.29, 0.717) is 0 Å². The summed E-state index contributed by atoms with van der Waals surface area (Å²) < 4.78 is 4.74. The molecule has 1 saturated heterocycles. The minimum absolute atomic E-state index is 0.00976. The number of amides is 1. The van der Waals surface area contributed by atoms with E-state index in [2.05, 4.69) is 6.58 Å². The van der Waals surface area contributed by atoms with Gasteiger partial charge in [-0.25, -0.2) is 9.59 Å². The summed E-state index contributed by atoms with van der Waals surface area (Å²) in [7, 11) is 0. The third kappa shape index (κ3) is 2.75. The van der Waals surface area contributed by atoms with E-state index in [0.717, 1.165) is 4.90 Å². The van der Waals surface area contributed by atoms with Crippen molar-refractivity contribution in [1.29, 1.82) is 0 Å². The first-order valence-corrected chi connectivity index (χ1v) is 5.08. The van der Waals surface area contributed by atoms with Crippen molar-refractivity contribution >= 4 is 12.1 Å². The van der Waals surface area contributed by atoms with Crippen LogP contribution >= 0.6 is 0 Å². The zero-order valence-electron chi connectivity index (χ0n) is 9.20. The predicted molar refractivity (Wildman–Crippen MR) is 56.3 cm³/mol. The second-order valence-electron chi connectivity index (χ2n) is 3.81. The Morgan fingerprint density at radius 2 is 2.24 bits per heavy atom. The summed E-state index contributed by atoms with van der Waals surface area (Å²) in [6.07, 6.45) is -1.06. The van der Waals surface area contributed by atoms with Crippen LogP contribution in [0.15, 0.2) is 12.7 Å². The quantitative estimate of drug-likeness (QED) is 0.561. The van der Waals surface area contributed by atoms with Crippen LogP contribution in [0.1, 0.15) is 6.42 Å². The average molecular weight is 245 g/mol. The van der Waals surface area contributed by atoms with Crippen LogP contribution in [-0.2, 0) is 9.53 Å². The molecule has 1 aliphatic heterocycles. The second-order valence-corrected chi connectivity index (χ2v) is 3.81. The molecule has 0 aliphatic carbocycles. The van der Waals surface area contributed by atoms with Gasteiger partial charge < -0.3 is 25.0 Å². The van der Waals surface area contributed by atoms with Crippen molar-refractivity contribution in [1.82, 2.24) is 4.90 Å². The van der Waals surface area contributed by atoms with Gasteiger partial charge in [-0.2, -0.15) is 0 Å². The molecule has 1 heterocycles. The number of aliphatic hydroxyl groups excluding tert-OH is 1. The largest absolute Gasteiger partial charge is 0.479 e. The molecule has 0 saturated carbocycles. The number of aliphatic carboxylic acids is 1. The molecule has 1 aliphatic rings. The first-order chi connectivity index (χ1) is 7.91. The minimum atomic E-state index is -2.20. The van der Waals surface area contributed by atoms with E-state index in [1.807, 2.05) is 0 Å². The van der Waals surface area contributed by atoms with Gasteiger partial charge in [-0.15, -0.1) is 0 Å². The number of carbonyl (C=O) groups excluding carboxylic acids is 1. The number of aliphatic hydroxyl groups is 2. The number of piperidine rings is 1. The molecule has 0 radical (unpaired) electrons. The van der Waals surface area contributed by atoms with Gasteiger partial charge in [0.15, 0.2) is 5.60 Å². The van der Waals surface area contributed by atoms with Crippen molar-refractivity contribution in [2.75, 3.05) is 19.7 Å². The van der Waals surface area contributed by atoms with Gasteiger partial charge >= 0.3 is 12.1 Å². The lowest BCUT2D eigenvalue weighted by atomic mass is 9.89. The van der Waals surface area contributed by atoms with Crippen LogP contribution in [0, 0.1) is 0 Å². The maximum atomic E-state index is 11.4. The van der Waals surface area contributed by atoms with Gasteiger partial charge in [-0.05, 0) is 0 Å². The normalized spacial score (nSPS) is 28.6. The topological polar surface area (TPSA) is 107 Å². The summed E-state index contributed by atoms with van der Waals surface area (Å²) in [6, 6.07) is 0. The lowest BCUT2D eigenvalue weighted by Crippen LogP contribution is -2.60. The van der Waals surface area contributed by atoms with E-state index >= 15 is 0 Å². The van der Waals surface area contributed by atoms with Crippen LogP contribution in [0.2, 0.25) is 0 Å². The third-order valence-corrected chi connectivity index (χ3v) is 2.66. The van der Waals surface area contributed by atoms with Gasteiger partial charge in [0.2, 0.25) is 0 Å². The van der Waals surface area contributed by atoms with Crippen LogP contribution in [0.4, 0.5) is 4.79 Å². The van der Waals surface area contributed by atoms with Crippen LogP contribution in [-0.4, -0.2) is 63.7 Å². The van der Waals surface area contributed by atoms with Crippen LogP contribution in [0.3, 0.4) is 0 Å². The van der Waals surface area contributed by atoms with Crippen molar-refractivity contribution in [2.45, 2.75) is 18.1 Å². The number of carboxylic acid groups (broad SMARTS) is 1. The van der Waals surface area contributed by atoms with Gasteiger partial charge in [0.05, 0.1) is 6.54 Å². The average Bonchev–Trinajstić information content (AvgIpc) is 2.29. The van der Waals surface area contributed by atoms with Crippen molar-refractivity contribution < 1.29 is 29.6 Å². The summed E-state index contributed by atoms with van der Waals surface area (Å²) in [5, 5.41) is 28.0. The van der Waals surface area contributed by atoms with Gasteiger partial charge in [-0.1, -0.05) is 12.7 Å². The van der Waals surface area contributed by atoms with E-state index in [9.17, 15) is 19.8 Å². The van der Waals surface area contributed by atoms with Gasteiger partial charge in [0.25, 0.3) is 0 Å². The fraction of sp³-hybridized carbons (Fsp3) is 0.600. The Bertz CT molecular complexity index is 331. The van der Waals surface area contributed by atoms with E-state index < -0.39 is 23.8 Å². The number of hydrogen-bond acceptors (Lipinski definition) is 5. The molecule has 0 unspecified atom stereocenters. The highest BCUT2D eigenvalue weighted by Crippen LogP contribution is 2.23. The monoisotopic (exact) mass is 245 g/mol. The Balaban J connectivity index is 2.60. The Hall–Kier alpha value is -1.60. The van der Waals surface area contributed by atoms with Crippen LogP contribution < -0.4 is 0 Å². The van der Waals surface area contributed by atoms with Gasteiger partial charge in [0.1, 0.15) is 12.7 Å². The summed E-state index contributed by atoms with van der Waals surface area (Å²) in [4.78, 5) is 23.3. The van der Waals surface area contributed by atoms with Crippen molar-refractivity contribution in [3.05, 3.63) is 12.7 Å². The highest BCUT2D eigenvalue weighted by molar-refractivity contribution is 5.79. The molecule has 7 heteroatoms. The molecule has 2 atom stereocenters. The van der Waals surface area contributed by atoms with E-state index in [1.165, 1.54) is 6.08 Å². The number of rotatable bonds is 3. The first kappa shape index (κ1) is 13.5. The molecule has 3 N–H and O–H groups in total. The highest BCUT2D eigenvalue weighted by atomic mass is 16.6. The molecule has 1 rings (SSSR count). The van der Waals surface area contributed by atoms with Crippen molar-refractivity contribution in [2.24, 2.45) is 0 Å². The fourth-order valence-electron chi connectivity index (χ4n) is 1.56. The Kier molecular flexibility index (Phi) is 4.08. The Morgan fingerprint density at radius 3 is 2.71 bits per heavy atom. The molecular formula is C10H15NO6. The maximum absolute atomic E-state index is 11.4. The molecule has 17 heavy (non-hydrogen) atoms. The number of nitrogens with zero attached hydrogens (tertiary/aromatic N) is 1. The van der Waals surface area contributed by atoms with E-state index in [1.54, 1.807) is 0 Å². The molecule has 1 amide bonds. The number of hydrogen-bond donors (Lipinski definition) is 3. The van der Waals surface area contributed by atoms with Gasteiger partial charge in [0, 0.05) is 13.0 Å². The fourth-order valence-corrected chi connectivity index (χ4v) is 1.56. The summed E-state index contributed by atoms with van der Waals surface area (Å²) in [5.41, 5.74) is -2.20. The minimum Gasteiger partial charge on any atom is -0.479 e. The van der Waals surface area contributed by atoms with Crippen molar-refractivity contribution in [3.63, 3.8) is 0 Å². The van der Waals surface area contributed by atoms with Gasteiger partial charge in [-0.3, -0.25) is 0 Å². The molecule has 0 bridgehead atoms. The van der Waals surface area contributed by atoms with E-state index in [4.69, 9.17) is 9.84 Å². The van der Waals surface area contributed by atoms with E-state index in [-0.39, 0.29) is 26.1 Å². The van der Waals surface area contributed by atoms with Crippen LogP contribution in [0.25, 0.3) is 0 Å². The lowest BCUT2D eigenvalue weighted by Gasteiger charge is -2.38. The molecule has 0 aromatic carbocycles. The maximum Gasteiger partial charge on any atom is 0.410 e. The van der Waals surface area contributed by atoms with Crippen LogP contribution in [0.5, 0.6) is 0 Å². The zero-order chi connectivity index (χ0) is 13.1. The lowest BCUT2D eigenvalue weighted by molar-refractivity contribution is -0.180. The molecule has 0 spiro atoms.